The minimum atomic E-state index is 0.357. The molecule has 0 atom stereocenters. The van der Waals surface area contributed by atoms with Gasteiger partial charge in [-0.1, -0.05) is 29.8 Å². The molecule has 0 saturated heterocycles. The van der Waals surface area contributed by atoms with E-state index in [2.05, 4.69) is 10.2 Å². The first-order valence-corrected chi connectivity index (χ1v) is 4.68. The molecule has 1 aromatic heterocycles. The SMILES string of the molecule is Cc1ccc(Cn2cnnc2C=O)cc1. The first-order chi connectivity index (χ1) is 7.29. The molecular formula is C11H11N3O. The molecule has 0 N–H and O–H groups in total. The molecule has 1 aromatic carbocycles. The highest BCUT2D eigenvalue weighted by Crippen LogP contribution is 2.05. The molecule has 4 nitrogen and oxygen atoms in total. The summed E-state index contributed by atoms with van der Waals surface area (Å²) in [5.74, 6) is 0.357. The molecule has 0 fully saturated rings. The lowest BCUT2D eigenvalue weighted by molar-refractivity contribution is 0.111. The number of hydrogen-bond acceptors (Lipinski definition) is 3. The number of rotatable bonds is 3. The van der Waals surface area contributed by atoms with Crippen LogP contribution in [0.25, 0.3) is 0 Å². The monoisotopic (exact) mass is 201 g/mol. The van der Waals surface area contributed by atoms with E-state index in [1.54, 1.807) is 10.9 Å². The van der Waals surface area contributed by atoms with Crippen molar-refractivity contribution in [2.45, 2.75) is 13.5 Å². The van der Waals surface area contributed by atoms with Gasteiger partial charge in [0.1, 0.15) is 6.33 Å². The van der Waals surface area contributed by atoms with Gasteiger partial charge in [-0.15, -0.1) is 10.2 Å². The maximum Gasteiger partial charge on any atom is 0.196 e. The van der Waals surface area contributed by atoms with E-state index in [1.165, 1.54) is 5.56 Å². The van der Waals surface area contributed by atoms with Gasteiger partial charge < -0.3 is 4.57 Å². The summed E-state index contributed by atoms with van der Waals surface area (Å²) >= 11 is 0. The summed E-state index contributed by atoms with van der Waals surface area (Å²) in [5.41, 5.74) is 2.35. The lowest BCUT2D eigenvalue weighted by Crippen LogP contribution is -2.03. The zero-order chi connectivity index (χ0) is 10.7. The Hall–Kier alpha value is -1.97. The molecule has 0 aliphatic carbocycles. The highest BCUT2D eigenvalue weighted by molar-refractivity contribution is 5.68. The molecule has 1 heterocycles. The molecule has 0 bridgehead atoms. The maximum atomic E-state index is 10.6. The number of nitrogens with zero attached hydrogens (tertiary/aromatic N) is 3. The minimum Gasteiger partial charge on any atom is -0.307 e. The van der Waals surface area contributed by atoms with Crippen molar-refractivity contribution in [2.24, 2.45) is 0 Å². The van der Waals surface area contributed by atoms with Crippen LogP contribution in [0.3, 0.4) is 0 Å². The number of aryl methyl sites for hydroxylation is 1. The average Bonchev–Trinajstić information content (AvgIpc) is 2.69. The Kier molecular flexibility index (Phi) is 2.58. The molecule has 0 saturated carbocycles. The van der Waals surface area contributed by atoms with Crippen LogP contribution < -0.4 is 0 Å². The van der Waals surface area contributed by atoms with Gasteiger partial charge in [-0.05, 0) is 12.5 Å². The van der Waals surface area contributed by atoms with Crippen molar-refractivity contribution in [3.63, 3.8) is 0 Å². The van der Waals surface area contributed by atoms with Crippen molar-refractivity contribution in [1.82, 2.24) is 14.8 Å². The van der Waals surface area contributed by atoms with E-state index >= 15 is 0 Å². The number of carbonyl (C=O) groups is 1. The van der Waals surface area contributed by atoms with Crippen molar-refractivity contribution in [3.05, 3.63) is 47.5 Å². The van der Waals surface area contributed by atoms with Gasteiger partial charge in [-0.2, -0.15) is 0 Å². The Morgan fingerprint density at radius 2 is 2.07 bits per heavy atom. The van der Waals surface area contributed by atoms with E-state index in [9.17, 15) is 4.79 Å². The zero-order valence-electron chi connectivity index (χ0n) is 8.42. The van der Waals surface area contributed by atoms with Crippen LogP contribution in [0.5, 0.6) is 0 Å². The van der Waals surface area contributed by atoms with Gasteiger partial charge in [0.05, 0.1) is 6.54 Å². The van der Waals surface area contributed by atoms with E-state index in [4.69, 9.17) is 0 Å². The van der Waals surface area contributed by atoms with Crippen LogP contribution in [0.4, 0.5) is 0 Å². The standard InChI is InChI=1S/C11H11N3O/c1-9-2-4-10(5-3-9)6-14-8-12-13-11(14)7-15/h2-5,7-8H,6H2,1H3. The normalized spacial score (nSPS) is 10.2. The van der Waals surface area contributed by atoms with Crippen LogP contribution in [0, 0.1) is 6.92 Å². The Morgan fingerprint density at radius 1 is 1.33 bits per heavy atom. The molecule has 0 aliphatic heterocycles. The van der Waals surface area contributed by atoms with Crippen LogP contribution in [0.15, 0.2) is 30.6 Å². The molecule has 76 valence electrons. The van der Waals surface area contributed by atoms with E-state index in [1.807, 2.05) is 31.2 Å². The van der Waals surface area contributed by atoms with Crippen molar-refractivity contribution >= 4 is 6.29 Å². The second kappa shape index (κ2) is 4.04. The highest BCUT2D eigenvalue weighted by Gasteiger charge is 2.02. The van der Waals surface area contributed by atoms with Gasteiger partial charge >= 0.3 is 0 Å². The number of carbonyl (C=O) groups excluding carboxylic acids is 1. The summed E-state index contributed by atoms with van der Waals surface area (Å²) in [6.45, 7) is 2.67. The third kappa shape index (κ3) is 2.10. The van der Waals surface area contributed by atoms with Gasteiger partial charge in [-0.3, -0.25) is 4.79 Å². The molecule has 4 heteroatoms. The average molecular weight is 201 g/mol. The molecule has 2 rings (SSSR count). The van der Waals surface area contributed by atoms with Crippen molar-refractivity contribution in [2.75, 3.05) is 0 Å². The molecule has 0 unspecified atom stereocenters. The number of benzene rings is 1. The second-order valence-electron chi connectivity index (χ2n) is 3.42. The minimum absolute atomic E-state index is 0.357. The maximum absolute atomic E-state index is 10.6. The van der Waals surface area contributed by atoms with Gasteiger partial charge in [-0.25, -0.2) is 0 Å². The molecule has 0 amide bonds. The summed E-state index contributed by atoms with van der Waals surface area (Å²) in [6, 6.07) is 8.15. The number of aldehydes is 1. The Morgan fingerprint density at radius 3 is 2.73 bits per heavy atom. The second-order valence-corrected chi connectivity index (χ2v) is 3.42. The van der Waals surface area contributed by atoms with E-state index in [0.29, 0.717) is 18.7 Å². The predicted octanol–water partition coefficient (Wildman–Crippen LogP) is 1.45. The number of hydrogen-bond donors (Lipinski definition) is 0. The van der Waals surface area contributed by atoms with E-state index < -0.39 is 0 Å². The molecular weight excluding hydrogens is 190 g/mol. The molecule has 0 spiro atoms. The first kappa shape index (κ1) is 9.58. The summed E-state index contributed by atoms with van der Waals surface area (Å²) in [4.78, 5) is 10.6. The van der Waals surface area contributed by atoms with Gasteiger partial charge in [0.15, 0.2) is 12.1 Å². The van der Waals surface area contributed by atoms with Crippen LogP contribution >= 0.6 is 0 Å². The lowest BCUT2D eigenvalue weighted by atomic mass is 10.1. The van der Waals surface area contributed by atoms with Crippen molar-refractivity contribution < 1.29 is 4.79 Å². The molecule has 0 aliphatic rings. The van der Waals surface area contributed by atoms with Crippen LogP contribution in [0.2, 0.25) is 0 Å². The topological polar surface area (TPSA) is 47.8 Å². The summed E-state index contributed by atoms with van der Waals surface area (Å²) in [7, 11) is 0. The smallest absolute Gasteiger partial charge is 0.196 e. The van der Waals surface area contributed by atoms with E-state index in [0.717, 1.165) is 5.56 Å². The van der Waals surface area contributed by atoms with Crippen LogP contribution in [-0.4, -0.2) is 21.1 Å². The van der Waals surface area contributed by atoms with Gasteiger partial charge in [0.2, 0.25) is 0 Å². The predicted molar refractivity (Wildman–Crippen MR) is 55.7 cm³/mol. The largest absolute Gasteiger partial charge is 0.307 e. The van der Waals surface area contributed by atoms with Crippen LogP contribution in [-0.2, 0) is 6.54 Å². The Balaban J connectivity index is 2.21. The summed E-state index contributed by atoms with van der Waals surface area (Å²) in [6.07, 6.45) is 2.27. The van der Waals surface area contributed by atoms with Gasteiger partial charge in [0.25, 0.3) is 0 Å². The summed E-state index contributed by atoms with van der Waals surface area (Å²) < 4.78 is 1.72. The third-order valence-electron chi connectivity index (χ3n) is 2.22. The quantitative estimate of drug-likeness (QED) is 0.706. The van der Waals surface area contributed by atoms with Gasteiger partial charge in [0, 0.05) is 0 Å². The highest BCUT2D eigenvalue weighted by atomic mass is 16.1. The van der Waals surface area contributed by atoms with Crippen LogP contribution in [0.1, 0.15) is 21.7 Å². The first-order valence-electron chi connectivity index (χ1n) is 4.68. The molecule has 2 aromatic rings. The van der Waals surface area contributed by atoms with E-state index in [-0.39, 0.29) is 0 Å². The zero-order valence-corrected chi connectivity index (χ0v) is 8.42. The molecule has 0 radical (unpaired) electrons. The Bertz CT molecular complexity index is 459. The van der Waals surface area contributed by atoms with Crippen molar-refractivity contribution in [3.8, 4) is 0 Å². The third-order valence-corrected chi connectivity index (χ3v) is 2.22. The fourth-order valence-corrected chi connectivity index (χ4v) is 1.37. The fraction of sp³-hybridized carbons (Fsp3) is 0.182. The Labute approximate surface area is 87.6 Å². The fourth-order valence-electron chi connectivity index (χ4n) is 1.37. The molecule has 15 heavy (non-hydrogen) atoms. The lowest BCUT2D eigenvalue weighted by Gasteiger charge is -2.03. The summed E-state index contributed by atoms with van der Waals surface area (Å²) in [5, 5.41) is 7.38. The number of aromatic nitrogens is 3. The van der Waals surface area contributed by atoms with Crippen molar-refractivity contribution in [1.29, 1.82) is 0 Å².